The molecule has 1 aromatic carbocycles. The van der Waals surface area contributed by atoms with Gasteiger partial charge in [-0.3, -0.25) is 9.59 Å². The predicted molar refractivity (Wildman–Crippen MR) is 84.4 cm³/mol. The fraction of sp³-hybridized carbons (Fsp3) is 0.500. The summed E-state index contributed by atoms with van der Waals surface area (Å²) in [4.78, 5) is 25.7. The molecule has 1 fully saturated rings. The van der Waals surface area contributed by atoms with Crippen LogP contribution in [0.2, 0.25) is 5.02 Å². The molecule has 1 aromatic rings. The largest absolute Gasteiger partial charge is 0.351 e. The lowest BCUT2D eigenvalue weighted by atomic mass is 9.92. The SMILES string of the molecule is CC(C)(C)CC(=O)N[C@H]1CC(=O)N(c2ccc(Cl)cc2)C1. The van der Waals surface area contributed by atoms with Crippen LogP contribution in [-0.2, 0) is 9.59 Å². The standard InChI is InChI=1S/C16H21ClN2O2/c1-16(2,3)9-14(20)18-12-8-15(21)19(10-12)13-6-4-11(17)5-7-13/h4-7,12H,8-10H2,1-3H3,(H,18,20)/t12-/m0/s1. The molecule has 0 saturated carbocycles. The highest BCUT2D eigenvalue weighted by Gasteiger charge is 2.32. The summed E-state index contributed by atoms with van der Waals surface area (Å²) in [5.74, 6) is 0.0247. The van der Waals surface area contributed by atoms with E-state index in [-0.39, 0.29) is 23.3 Å². The number of hydrogen-bond donors (Lipinski definition) is 1. The first-order valence-corrected chi connectivity index (χ1v) is 7.48. The second kappa shape index (κ2) is 6.06. The average molecular weight is 309 g/mol. The van der Waals surface area contributed by atoms with Gasteiger partial charge in [-0.15, -0.1) is 0 Å². The van der Waals surface area contributed by atoms with Crippen LogP contribution in [0.4, 0.5) is 5.69 Å². The number of anilines is 1. The van der Waals surface area contributed by atoms with Crippen molar-refractivity contribution in [2.24, 2.45) is 5.41 Å². The molecular weight excluding hydrogens is 288 g/mol. The van der Waals surface area contributed by atoms with E-state index in [1.54, 1.807) is 17.0 Å². The molecule has 4 nitrogen and oxygen atoms in total. The van der Waals surface area contributed by atoms with E-state index in [4.69, 9.17) is 11.6 Å². The molecule has 0 spiro atoms. The summed E-state index contributed by atoms with van der Waals surface area (Å²) in [5.41, 5.74) is 0.764. The Morgan fingerprint density at radius 2 is 1.95 bits per heavy atom. The maximum absolute atomic E-state index is 12.1. The summed E-state index contributed by atoms with van der Waals surface area (Å²) < 4.78 is 0. The van der Waals surface area contributed by atoms with E-state index < -0.39 is 0 Å². The van der Waals surface area contributed by atoms with Crippen LogP contribution in [-0.4, -0.2) is 24.4 Å². The van der Waals surface area contributed by atoms with Crippen LogP contribution >= 0.6 is 11.6 Å². The molecule has 1 atom stereocenters. The van der Waals surface area contributed by atoms with Gasteiger partial charge < -0.3 is 10.2 Å². The first-order valence-electron chi connectivity index (χ1n) is 7.10. The third kappa shape index (κ3) is 4.46. The van der Waals surface area contributed by atoms with Crippen LogP contribution in [0.5, 0.6) is 0 Å². The van der Waals surface area contributed by atoms with Crippen molar-refractivity contribution in [1.82, 2.24) is 5.32 Å². The molecule has 2 rings (SSSR count). The Kier molecular flexibility index (Phi) is 4.57. The van der Waals surface area contributed by atoms with Crippen molar-refractivity contribution in [3.8, 4) is 0 Å². The van der Waals surface area contributed by atoms with E-state index in [2.05, 4.69) is 5.32 Å². The van der Waals surface area contributed by atoms with Gasteiger partial charge in [0.15, 0.2) is 0 Å². The second-order valence-electron chi connectivity index (χ2n) is 6.69. The number of rotatable bonds is 3. The van der Waals surface area contributed by atoms with E-state index >= 15 is 0 Å². The lowest BCUT2D eigenvalue weighted by Crippen LogP contribution is -2.38. The van der Waals surface area contributed by atoms with Crippen LogP contribution < -0.4 is 10.2 Å². The Morgan fingerprint density at radius 1 is 1.33 bits per heavy atom. The second-order valence-corrected chi connectivity index (χ2v) is 7.12. The van der Waals surface area contributed by atoms with Gasteiger partial charge in [0.1, 0.15) is 0 Å². The number of hydrogen-bond acceptors (Lipinski definition) is 2. The van der Waals surface area contributed by atoms with Crippen LogP contribution in [0, 0.1) is 5.41 Å². The molecule has 114 valence electrons. The highest BCUT2D eigenvalue weighted by molar-refractivity contribution is 6.30. The molecular formula is C16H21ClN2O2. The zero-order chi connectivity index (χ0) is 15.6. The third-order valence-corrected chi connectivity index (χ3v) is 3.57. The van der Waals surface area contributed by atoms with Crippen molar-refractivity contribution in [2.45, 2.75) is 39.7 Å². The Bertz CT molecular complexity index is 534. The van der Waals surface area contributed by atoms with E-state index in [0.29, 0.717) is 24.4 Å². The number of carbonyl (C=O) groups excluding carboxylic acids is 2. The summed E-state index contributed by atoms with van der Waals surface area (Å²) in [5, 5.41) is 3.59. The minimum Gasteiger partial charge on any atom is -0.351 e. The van der Waals surface area contributed by atoms with Crippen molar-refractivity contribution in [3.63, 3.8) is 0 Å². The van der Waals surface area contributed by atoms with Crippen molar-refractivity contribution in [2.75, 3.05) is 11.4 Å². The van der Waals surface area contributed by atoms with E-state index in [1.165, 1.54) is 0 Å². The molecule has 1 heterocycles. The van der Waals surface area contributed by atoms with E-state index in [1.807, 2.05) is 32.9 Å². The molecule has 2 amide bonds. The summed E-state index contributed by atoms with van der Waals surface area (Å²) >= 11 is 5.85. The highest BCUT2D eigenvalue weighted by atomic mass is 35.5. The quantitative estimate of drug-likeness (QED) is 0.933. The normalized spacial score (nSPS) is 19.0. The summed E-state index contributed by atoms with van der Waals surface area (Å²) in [7, 11) is 0. The zero-order valence-corrected chi connectivity index (χ0v) is 13.4. The van der Waals surface area contributed by atoms with Gasteiger partial charge in [-0.05, 0) is 29.7 Å². The fourth-order valence-electron chi connectivity index (χ4n) is 2.44. The van der Waals surface area contributed by atoms with Gasteiger partial charge in [-0.2, -0.15) is 0 Å². The number of nitrogens with one attached hydrogen (secondary N) is 1. The van der Waals surface area contributed by atoms with Crippen molar-refractivity contribution in [3.05, 3.63) is 29.3 Å². The molecule has 0 aromatic heterocycles. The van der Waals surface area contributed by atoms with Gasteiger partial charge in [-0.25, -0.2) is 0 Å². The Morgan fingerprint density at radius 3 is 2.52 bits per heavy atom. The summed E-state index contributed by atoms with van der Waals surface area (Å²) in [6.07, 6.45) is 0.803. The van der Waals surface area contributed by atoms with Crippen molar-refractivity contribution < 1.29 is 9.59 Å². The minimum atomic E-state index is -0.122. The lowest BCUT2D eigenvalue weighted by molar-refractivity contribution is -0.123. The van der Waals surface area contributed by atoms with Gasteiger partial charge in [0.05, 0.1) is 6.04 Å². The van der Waals surface area contributed by atoms with Crippen LogP contribution in [0.15, 0.2) is 24.3 Å². The Hall–Kier alpha value is -1.55. The molecule has 0 bridgehead atoms. The Labute approximate surface area is 130 Å². The van der Waals surface area contributed by atoms with Gasteiger partial charge >= 0.3 is 0 Å². The third-order valence-electron chi connectivity index (χ3n) is 3.32. The van der Waals surface area contributed by atoms with Gasteiger partial charge in [0.25, 0.3) is 0 Å². The molecule has 1 N–H and O–H groups in total. The smallest absolute Gasteiger partial charge is 0.229 e. The zero-order valence-electron chi connectivity index (χ0n) is 12.6. The van der Waals surface area contributed by atoms with Gasteiger partial charge in [-0.1, -0.05) is 32.4 Å². The molecule has 1 aliphatic rings. The van der Waals surface area contributed by atoms with Gasteiger partial charge in [0.2, 0.25) is 11.8 Å². The van der Waals surface area contributed by atoms with Crippen molar-refractivity contribution in [1.29, 1.82) is 0 Å². The van der Waals surface area contributed by atoms with Crippen LogP contribution in [0.1, 0.15) is 33.6 Å². The van der Waals surface area contributed by atoms with Crippen molar-refractivity contribution >= 4 is 29.1 Å². The monoisotopic (exact) mass is 308 g/mol. The Balaban J connectivity index is 1.96. The predicted octanol–water partition coefficient (Wildman–Crippen LogP) is 3.00. The first-order chi connectivity index (χ1) is 9.74. The topological polar surface area (TPSA) is 49.4 Å². The summed E-state index contributed by atoms with van der Waals surface area (Å²) in [6.45, 7) is 6.57. The van der Waals surface area contributed by atoms with Crippen LogP contribution in [0.25, 0.3) is 0 Å². The van der Waals surface area contributed by atoms with E-state index in [0.717, 1.165) is 5.69 Å². The number of amides is 2. The molecule has 0 unspecified atom stereocenters. The molecule has 21 heavy (non-hydrogen) atoms. The summed E-state index contributed by atoms with van der Waals surface area (Å²) in [6, 6.07) is 7.04. The fourth-order valence-corrected chi connectivity index (χ4v) is 2.56. The first kappa shape index (κ1) is 15.8. The molecule has 0 radical (unpaired) electrons. The lowest BCUT2D eigenvalue weighted by Gasteiger charge is -2.20. The number of carbonyl (C=O) groups is 2. The molecule has 1 aliphatic heterocycles. The molecule has 5 heteroatoms. The molecule has 1 saturated heterocycles. The van der Waals surface area contributed by atoms with Crippen LogP contribution in [0.3, 0.4) is 0 Å². The maximum atomic E-state index is 12.1. The van der Waals surface area contributed by atoms with E-state index in [9.17, 15) is 9.59 Å². The highest BCUT2D eigenvalue weighted by Crippen LogP contribution is 2.24. The number of nitrogens with zero attached hydrogens (tertiary/aromatic N) is 1. The minimum absolute atomic E-state index is 0.00161. The average Bonchev–Trinajstić information content (AvgIpc) is 2.68. The maximum Gasteiger partial charge on any atom is 0.229 e. The van der Waals surface area contributed by atoms with Gasteiger partial charge in [0, 0.05) is 30.1 Å². The number of halogens is 1. The molecule has 0 aliphatic carbocycles. The number of benzene rings is 1.